The van der Waals surface area contributed by atoms with Crippen LogP contribution in [0.4, 0.5) is 8.78 Å². The highest BCUT2D eigenvalue weighted by Gasteiger charge is 2.49. The molecule has 0 aromatic heterocycles. The second-order valence-corrected chi connectivity index (χ2v) is 5.59. The van der Waals surface area contributed by atoms with Crippen molar-refractivity contribution in [3.8, 4) is 0 Å². The van der Waals surface area contributed by atoms with Gasteiger partial charge >= 0.3 is 0 Å². The molecule has 0 saturated carbocycles. The highest BCUT2D eigenvalue weighted by Crippen LogP contribution is 2.38. The number of amides is 1. The van der Waals surface area contributed by atoms with Crippen LogP contribution in [0.3, 0.4) is 0 Å². The van der Waals surface area contributed by atoms with Crippen LogP contribution in [0.2, 0.25) is 0 Å². The van der Waals surface area contributed by atoms with Gasteiger partial charge in [-0.3, -0.25) is 14.9 Å². The lowest BCUT2D eigenvalue weighted by atomic mass is 9.91. The van der Waals surface area contributed by atoms with Gasteiger partial charge in [-0.15, -0.1) is 0 Å². The number of aliphatic hydroxyl groups is 1. The number of ether oxygens (including phenoxy) is 1. The van der Waals surface area contributed by atoms with Gasteiger partial charge in [0.2, 0.25) is 17.2 Å². The molecule has 1 amide bonds. The fraction of sp³-hybridized carbons (Fsp3) is 0.111. The number of ketones is 1. The highest BCUT2D eigenvalue weighted by atomic mass is 19.1. The molecule has 7 heteroatoms. The summed E-state index contributed by atoms with van der Waals surface area (Å²) < 4.78 is 32.8. The van der Waals surface area contributed by atoms with Gasteiger partial charge in [-0.1, -0.05) is 18.2 Å². The molecule has 1 atom stereocenters. The Labute approximate surface area is 141 Å². The maximum absolute atomic E-state index is 14.0. The van der Waals surface area contributed by atoms with Crippen LogP contribution in [0.25, 0.3) is 0 Å². The number of benzene rings is 2. The Hall–Kier alpha value is -3.22. The van der Waals surface area contributed by atoms with Crippen LogP contribution in [0.1, 0.15) is 22.8 Å². The third kappa shape index (κ3) is 2.84. The summed E-state index contributed by atoms with van der Waals surface area (Å²) in [6, 6.07) is 10.6. The number of carbonyl (C=O) groups is 2. The molecule has 0 bridgehead atoms. The number of aliphatic hydroxyl groups excluding tert-OH is 1. The van der Waals surface area contributed by atoms with E-state index in [0.717, 1.165) is 18.2 Å². The summed E-state index contributed by atoms with van der Waals surface area (Å²) in [4.78, 5) is 24.5. The van der Waals surface area contributed by atoms with Gasteiger partial charge in [0.15, 0.2) is 0 Å². The van der Waals surface area contributed by atoms with Gasteiger partial charge in [0.1, 0.15) is 11.6 Å². The normalized spacial score (nSPS) is 19.7. The number of hydrogen-bond acceptors (Lipinski definition) is 4. The summed E-state index contributed by atoms with van der Waals surface area (Å²) >= 11 is 0. The molecule has 5 nitrogen and oxygen atoms in total. The predicted molar refractivity (Wildman–Crippen MR) is 83.4 cm³/mol. The van der Waals surface area contributed by atoms with Crippen LogP contribution in [-0.4, -0.2) is 16.8 Å². The van der Waals surface area contributed by atoms with E-state index in [1.807, 2.05) is 0 Å². The van der Waals surface area contributed by atoms with E-state index in [2.05, 4.69) is 5.32 Å². The Bertz CT molecular complexity index is 895. The highest BCUT2D eigenvalue weighted by molar-refractivity contribution is 6.04. The van der Waals surface area contributed by atoms with E-state index in [9.17, 15) is 23.5 Å². The fourth-order valence-corrected chi connectivity index (χ4v) is 2.52. The predicted octanol–water partition coefficient (Wildman–Crippen LogP) is 2.94. The maximum atomic E-state index is 14.0. The second-order valence-electron chi connectivity index (χ2n) is 5.59. The number of nitrogens with one attached hydrogen (secondary N) is 1. The van der Waals surface area contributed by atoms with Crippen LogP contribution in [0, 0.1) is 11.6 Å². The largest absolute Gasteiger partial charge is 0.501 e. The van der Waals surface area contributed by atoms with Crippen molar-refractivity contribution >= 4 is 11.7 Å². The molecule has 2 N–H and O–H groups in total. The van der Waals surface area contributed by atoms with Gasteiger partial charge in [-0.05, 0) is 37.3 Å². The number of Topliss-reactive ketones (excluding diaryl/α,β-unsaturated/α-hetero) is 1. The second kappa shape index (κ2) is 6.01. The zero-order valence-corrected chi connectivity index (χ0v) is 13.0. The molecule has 1 heterocycles. The summed E-state index contributed by atoms with van der Waals surface area (Å²) in [5.74, 6) is -4.63. The van der Waals surface area contributed by atoms with Crippen LogP contribution in [0.15, 0.2) is 60.2 Å². The van der Waals surface area contributed by atoms with E-state index in [1.54, 1.807) is 18.2 Å². The number of rotatable bonds is 3. The zero-order valence-electron chi connectivity index (χ0n) is 13.0. The van der Waals surface area contributed by atoms with Gasteiger partial charge in [0, 0.05) is 11.1 Å². The lowest BCUT2D eigenvalue weighted by Crippen LogP contribution is -2.33. The van der Waals surface area contributed by atoms with E-state index in [1.165, 1.54) is 19.1 Å². The van der Waals surface area contributed by atoms with E-state index in [0.29, 0.717) is 0 Å². The summed E-state index contributed by atoms with van der Waals surface area (Å²) in [5, 5.41) is 12.3. The Balaban J connectivity index is 1.90. The first kappa shape index (κ1) is 16.6. The molecule has 25 heavy (non-hydrogen) atoms. The van der Waals surface area contributed by atoms with Crippen LogP contribution >= 0.6 is 0 Å². The molecule has 3 rings (SSSR count). The molecule has 0 radical (unpaired) electrons. The minimum Gasteiger partial charge on any atom is -0.501 e. The SMILES string of the molecule is CC1(c2cc(F)ccc2F)OC(NC(=O)c2ccccc2)=C(O)C1=O. The lowest BCUT2D eigenvalue weighted by Gasteiger charge is -2.24. The van der Waals surface area contributed by atoms with E-state index in [-0.39, 0.29) is 11.1 Å². The molecule has 0 aliphatic carbocycles. The van der Waals surface area contributed by atoms with Gasteiger partial charge in [-0.25, -0.2) is 8.78 Å². The van der Waals surface area contributed by atoms with Crippen LogP contribution < -0.4 is 5.32 Å². The third-order valence-electron chi connectivity index (χ3n) is 3.88. The van der Waals surface area contributed by atoms with Crippen molar-refractivity contribution in [3.63, 3.8) is 0 Å². The maximum Gasteiger partial charge on any atom is 0.258 e. The summed E-state index contributed by atoms with van der Waals surface area (Å²) in [6.07, 6.45) is 0. The van der Waals surface area contributed by atoms with Gasteiger partial charge < -0.3 is 9.84 Å². The average molecular weight is 345 g/mol. The number of hydrogen-bond donors (Lipinski definition) is 2. The standard InChI is InChI=1S/C18H13F2NO4/c1-18(12-9-11(19)7-8-13(12)20)15(23)14(22)17(25-18)21-16(24)10-5-3-2-4-6-10/h2-9,22H,1H3,(H,21,24). The summed E-state index contributed by atoms with van der Waals surface area (Å²) in [5.41, 5.74) is -2.10. The van der Waals surface area contributed by atoms with Crippen molar-refractivity contribution in [3.05, 3.63) is 82.9 Å². The summed E-state index contributed by atoms with van der Waals surface area (Å²) in [6.45, 7) is 1.19. The Morgan fingerprint density at radius 3 is 2.52 bits per heavy atom. The van der Waals surface area contributed by atoms with Crippen molar-refractivity contribution in [2.24, 2.45) is 0 Å². The van der Waals surface area contributed by atoms with Gasteiger partial charge in [0.05, 0.1) is 0 Å². The van der Waals surface area contributed by atoms with Gasteiger partial charge in [0.25, 0.3) is 11.7 Å². The molecule has 0 saturated heterocycles. The Kier molecular flexibility index (Phi) is 4.00. The smallest absolute Gasteiger partial charge is 0.258 e. The molecule has 128 valence electrons. The van der Waals surface area contributed by atoms with Crippen LogP contribution in [0.5, 0.6) is 0 Å². The number of halogens is 2. The van der Waals surface area contributed by atoms with Crippen molar-refractivity contribution in [2.75, 3.05) is 0 Å². The molecule has 2 aromatic rings. The Morgan fingerprint density at radius 1 is 1.16 bits per heavy atom. The molecule has 2 aromatic carbocycles. The first-order chi connectivity index (χ1) is 11.8. The molecular formula is C18H13F2NO4. The summed E-state index contributed by atoms with van der Waals surface area (Å²) in [7, 11) is 0. The van der Waals surface area contributed by atoms with E-state index in [4.69, 9.17) is 4.74 Å². The van der Waals surface area contributed by atoms with E-state index >= 15 is 0 Å². The van der Waals surface area contributed by atoms with Crippen molar-refractivity contribution in [1.82, 2.24) is 5.32 Å². The fourth-order valence-electron chi connectivity index (χ4n) is 2.52. The first-order valence-corrected chi connectivity index (χ1v) is 7.32. The lowest BCUT2D eigenvalue weighted by molar-refractivity contribution is -0.132. The third-order valence-corrected chi connectivity index (χ3v) is 3.88. The monoisotopic (exact) mass is 345 g/mol. The minimum absolute atomic E-state index is 0.268. The molecular weight excluding hydrogens is 332 g/mol. The van der Waals surface area contributed by atoms with Crippen molar-refractivity contribution in [2.45, 2.75) is 12.5 Å². The molecule has 1 unspecified atom stereocenters. The molecule has 0 spiro atoms. The number of carbonyl (C=O) groups excluding carboxylic acids is 2. The zero-order chi connectivity index (χ0) is 18.2. The molecule has 0 fully saturated rings. The van der Waals surface area contributed by atoms with Crippen molar-refractivity contribution in [1.29, 1.82) is 0 Å². The Morgan fingerprint density at radius 2 is 1.84 bits per heavy atom. The molecule has 1 aliphatic rings. The quantitative estimate of drug-likeness (QED) is 0.897. The van der Waals surface area contributed by atoms with Crippen molar-refractivity contribution < 1.29 is 28.2 Å². The topological polar surface area (TPSA) is 75.6 Å². The van der Waals surface area contributed by atoms with Crippen LogP contribution in [-0.2, 0) is 15.1 Å². The minimum atomic E-state index is -1.99. The van der Waals surface area contributed by atoms with E-state index < -0.39 is 40.6 Å². The molecule has 1 aliphatic heterocycles. The first-order valence-electron chi connectivity index (χ1n) is 7.32. The average Bonchev–Trinajstić information content (AvgIpc) is 2.82. The van der Waals surface area contributed by atoms with Gasteiger partial charge in [-0.2, -0.15) is 0 Å².